The van der Waals surface area contributed by atoms with Gasteiger partial charge in [-0.05, 0) is 18.9 Å². The van der Waals surface area contributed by atoms with E-state index in [4.69, 9.17) is 4.42 Å². The summed E-state index contributed by atoms with van der Waals surface area (Å²) in [5, 5.41) is 0. The first-order valence-corrected chi connectivity index (χ1v) is 9.59. The summed E-state index contributed by atoms with van der Waals surface area (Å²) in [6.07, 6.45) is 3.56. The van der Waals surface area contributed by atoms with Crippen LogP contribution in [-0.4, -0.2) is 31.9 Å². The van der Waals surface area contributed by atoms with Gasteiger partial charge in [0.2, 0.25) is 5.91 Å². The number of rotatable bonds is 5. The molecule has 0 saturated carbocycles. The average molecular weight is 394 g/mol. The number of hydrogen-bond donors (Lipinski definition) is 1. The molecule has 1 aliphatic heterocycles. The quantitative estimate of drug-likeness (QED) is 0.701. The number of aromatic nitrogens is 3. The number of oxazole rings is 1. The molecule has 0 radical (unpaired) electrons. The summed E-state index contributed by atoms with van der Waals surface area (Å²) in [7, 11) is 0. The molecule has 8 nitrogen and oxygen atoms in total. The van der Waals surface area contributed by atoms with Crippen LogP contribution >= 0.6 is 0 Å². The van der Waals surface area contributed by atoms with Crippen molar-refractivity contribution in [3.05, 3.63) is 85.8 Å². The molecule has 4 rings (SSSR count). The van der Waals surface area contributed by atoms with Gasteiger partial charge in [0.1, 0.15) is 18.0 Å². The molecular formula is C21H22N4O4. The van der Waals surface area contributed by atoms with Gasteiger partial charge in [0.15, 0.2) is 5.89 Å². The molecule has 3 aromatic rings. The Labute approximate surface area is 166 Å². The summed E-state index contributed by atoms with van der Waals surface area (Å²) in [6, 6.07) is 10.2. The zero-order valence-corrected chi connectivity index (χ0v) is 16.2. The van der Waals surface area contributed by atoms with E-state index in [0.717, 1.165) is 17.9 Å². The number of aromatic amines is 1. The van der Waals surface area contributed by atoms with Gasteiger partial charge in [-0.2, -0.15) is 0 Å². The lowest BCUT2D eigenvalue weighted by Gasteiger charge is -2.25. The van der Waals surface area contributed by atoms with Gasteiger partial charge in [0, 0.05) is 31.1 Å². The third-order valence-corrected chi connectivity index (χ3v) is 5.09. The first-order chi connectivity index (χ1) is 14.0. The molecule has 0 saturated heterocycles. The van der Waals surface area contributed by atoms with Crippen LogP contribution in [0.1, 0.15) is 28.5 Å². The van der Waals surface area contributed by atoms with Crippen LogP contribution in [-0.2, 0) is 37.1 Å². The van der Waals surface area contributed by atoms with Crippen molar-refractivity contribution in [1.29, 1.82) is 0 Å². The number of H-pyrrole nitrogens is 1. The summed E-state index contributed by atoms with van der Waals surface area (Å²) in [5.41, 5.74) is 1.36. The van der Waals surface area contributed by atoms with Crippen molar-refractivity contribution in [1.82, 2.24) is 19.4 Å². The number of benzene rings is 1. The van der Waals surface area contributed by atoms with Crippen LogP contribution in [0.15, 0.2) is 50.5 Å². The van der Waals surface area contributed by atoms with Gasteiger partial charge >= 0.3 is 5.69 Å². The van der Waals surface area contributed by atoms with E-state index in [-0.39, 0.29) is 12.5 Å². The Hall–Kier alpha value is -3.42. The third-order valence-electron chi connectivity index (χ3n) is 5.09. The van der Waals surface area contributed by atoms with Gasteiger partial charge in [0.05, 0.1) is 6.54 Å². The fourth-order valence-electron chi connectivity index (χ4n) is 3.45. The van der Waals surface area contributed by atoms with E-state index in [1.165, 1.54) is 16.3 Å². The SMILES string of the molecule is Cc1cn(CC(=O)N2CCc3oc(CCc4ccccc4)nc3C2)c(=O)[nH]c1=O. The van der Waals surface area contributed by atoms with E-state index in [1.54, 1.807) is 11.8 Å². The maximum Gasteiger partial charge on any atom is 0.328 e. The minimum Gasteiger partial charge on any atom is -0.445 e. The topological polar surface area (TPSA) is 101 Å². The molecule has 150 valence electrons. The van der Waals surface area contributed by atoms with Crippen LogP contribution in [0.25, 0.3) is 0 Å². The number of amides is 1. The van der Waals surface area contributed by atoms with Crippen LogP contribution in [0.2, 0.25) is 0 Å². The normalized spacial score (nSPS) is 13.3. The molecule has 0 fully saturated rings. The molecule has 8 heteroatoms. The molecule has 3 heterocycles. The molecule has 29 heavy (non-hydrogen) atoms. The second-order valence-corrected chi connectivity index (χ2v) is 7.23. The number of aryl methyl sites for hydroxylation is 3. The van der Waals surface area contributed by atoms with Gasteiger partial charge in [0.25, 0.3) is 5.56 Å². The molecule has 1 amide bonds. The molecular weight excluding hydrogens is 372 g/mol. The van der Waals surface area contributed by atoms with Gasteiger partial charge in [-0.3, -0.25) is 19.1 Å². The highest BCUT2D eigenvalue weighted by Gasteiger charge is 2.25. The van der Waals surface area contributed by atoms with Gasteiger partial charge in [-0.25, -0.2) is 9.78 Å². The van der Waals surface area contributed by atoms with Crippen molar-refractivity contribution in [2.75, 3.05) is 6.54 Å². The minimum atomic E-state index is -0.587. The molecule has 0 spiro atoms. The first kappa shape index (κ1) is 18.9. The van der Waals surface area contributed by atoms with Crippen molar-refractivity contribution in [3.63, 3.8) is 0 Å². The van der Waals surface area contributed by atoms with Crippen LogP contribution < -0.4 is 11.2 Å². The standard InChI is InChI=1S/C21H22N4O4/c1-14-11-25(21(28)23-20(14)27)13-19(26)24-10-9-17-16(12-24)22-18(29-17)8-7-15-5-3-2-4-6-15/h2-6,11H,7-10,12-13H2,1H3,(H,23,27,28). The lowest BCUT2D eigenvalue weighted by Crippen LogP contribution is -2.41. The summed E-state index contributed by atoms with van der Waals surface area (Å²) in [4.78, 5) is 44.5. The van der Waals surface area contributed by atoms with Crippen molar-refractivity contribution in [3.8, 4) is 0 Å². The highest BCUT2D eigenvalue weighted by molar-refractivity contribution is 5.76. The smallest absolute Gasteiger partial charge is 0.328 e. The summed E-state index contributed by atoms with van der Waals surface area (Å²) >= 11 is 0. The number of hydrogen-bond acceptors (Lipinski definition) is 5. The van der Waals surface area contributed by atoms with E-state index in [2.05, 4.69) is 22.1 Å². The van der Waals surface area contributed by atoms with Crippen molar-refractivity contribution in [2.24, 2.45) is 0 Å². The van der Waals surface area contributed by atoms with Crippen LogP contribution in [0.5, 0.6) is 0 Å². The fraction of sp³-hybridized carbons (Fsp3) is 0.333. The lowest BCUT2D eigenvalue weighted by molar-refractivity contribution is -0.133. The Morgan fingerprint density at radius 2 is 2.00 bits per heavy atom. The zero-order chi connectivity index (χ0) is 20.4. The number of carbonyl (C=O) groups is 1. The zero-order valence-electron chi connectivity index (χ0n) is 16.2. The molecule has 0 bridgehead atoms. The Kier molecular flexibility index (Phi) is 5.16. The van der Waals surface area contributed by atoms with E-state index in [1.807, 2.05) is 18.2 Å². The number of nitrogens with zero attached hydrogens (tertiary/aromatic N) is 3. The Morgan fingerprint density at radius 1 is 1.21 bits per heavy atom. The van der Waals surface area contributed by atoms with E-state index < -0.39 is 11.2 Å². The van der Waals surface area contributed by atoms with Crippen molar-refractivity contribution < 1.29 is 9.21 Å². The second kappa shape index (κ2) is 7.90. The molecule has 0 atom stereocenters. The highest BCUT2D eigenvalue weighted by Crippen LogP contribution is 2.21. The number of fused-ring (bicyclic) bond motifs is 1. The third kappa shape index (κ3) is 4.21. The average Bonchev–Trinajstić information content (AvgIpc) is 3.13. The van der Waals surface area contributed by atoms with Gasteiger partial charge < -0.3 is 9.32 Å². The van der Waals surface area contributed by atoms with E-state index in [0.29, 0.717) is 37.4 Å². The number of nitrogens with one attached hydrogen (secondary N) is 1. The number of carbonyl (C=O) groups excluding carboxylic acids is 1. The molecule has 1 aromatic carbocycles. The molecule has 1 aliphatic rings. The van der Waals surface area contributed by atoms with Crippen LogP contribution in [0, 0.1) is 6.92 Å². The van der Waals surface area contributed by atoms with Gasteiger partial charge in [-0.15, -0.1) is 0 Å². The van der Waals surface area contributed by atoms with Crippen molar-refractivity contribution in [2.45, 2.75) is 39.3 Å². The second-order valence-electron chi connectivity index (χ2n) is 7.23. The molecule has 0 aliphatic carbocycles. The van der Waals surface area contributed by atoms with E-state index in [9.17, 15) is 14.4 Å². The summed E-state index contributed by atoms with van der Waals surface area (Å²) in [6.45, 7) is 2.35. The van der Waals surface area contributed by atoms with Crippen LogP contribution in [0.3, 0.4) is 0 Å². The molecule has 1 N–H and O–H groups in total. The Morgan fingerprint density at radius 3 is 2.79 bits per heavy atom. The predicted molar refractivity (Wildman–Crippen MR) is 106 cm³/mol. The Bertz CT molecular complexity index is 1140. The largest absolute Gasteiger partial charge is 0.445 e. The lowest BCUT2D eigenvalue weighted by atomic mass is 10.1. The maximum absolute atomic E-state index is 12.7. The van der Waals surface area contributed by atoms with Crippen molar-refractivity contribution >= 4 is 5.91 Å². The van der Waals surface area contributed by atoms with Crippen LogP contribution in [0.4, 0.5) is 0 Å². The van der Waals surface area contributed by atoms with E-state index >= 15 is 0 Å². The summed E-state index contributed by atoms with van der Waals surface area (Å²) in [5.74, 6) is 1.31. The highest BCUT2D eigenvalue weighted by atomic mass is 16.4. The molecule has 2 aromatic heterocycles. The minimum absolute atomic E-state index is 0.121. The summed E-state index contributed by atoms with van der Waals surface area (Å²) < 4.78 is 7.10. The Balaban J connectivity index is 1.41. The first-order valence-electron chi connectivity index (χ1n) is 9.59. The predicted octanol–water partition coefficient (Wildman–Crippen LogP) is 1.20. The molecule has 0 unspecified atom stereocenters. The maximum atomic E-state index is 12.7. The van der Waals surface area contributed by atoms with Gasteiger partial charge in [-0.1, -0.05) is 30.3 Å². The fourth-order valence-corrected chi connectivity index (χ4v) is 3.45. The monoisotopic (exact) mass is 394 g/mol.